The molecule has 2 aromatic rings. The van der Waals surface area contributed by atoms with Crippen LogP contribution in [0.1, 0.15) is 15.9 Å². The van der Waals surface area contributed by atoms with Crippen molar-refractivity contribution in [3.05, 3.63) is 45.7 Å². The number of pyridine rings is 1. The van der Waals surface area contributed by atoms with E-state index in [1.54, 1.807) is 6.92 Å². The van der Waals surface area contributed by atoms with Crippen LogP contribution in [-0.4, -0.2) is 66.6 Å². The van der Waals surface area contributed by atoms with Crippen molar-refractivity contribution < 1.29 is 9.53 Å². The molecule has 2 aliphatic heterocycles. The van der Waals surface area contributed by atoms with Gasteiger partial charge in [0, 0.05) is 55.1 Å². The molecule has 1 amide bonds. The Kier molecular flexibility index (Phi) is 4.31. The minimum Gasteiger partial charge on any atom is -0.379 e. The first-order valence-corrected chi connectivity index (χ1v) is 8.84. The molecule has 1 aromatic carbocycles. The van der Waals surface area contributed by atoms with E-state index in [0.29, 0.717) is 22.6 Å². The summed E-state index contributed by atoms with van der Waals surface area (Å²) in [5.74, 6) is 0.480. The van der Waals surface area contributed by atoms with E-state index < -0.39 is 0 Å². The molecule has 0 saturated carbocycles. The van der Waals surface area contributed by atoms with Crippen LogP contribution in [0.2, 0.25) is 0 Å². The average Bonchev–Trinajstić information content (AvgIpc) is 2.59. The van der Waals surface area contributed by atoms with Gasteiger partial charge in [0.1, 0.15) is 0 Å². The summed E-state index contributed by atoms with van der Waals surface area (Å²) < 4.78 is 5.38. The summed E-state index contributed by atoms with van der Waals surface area (Å²) in [5, 5.41) is 0.821. The second-order valence-electron chi connectivity index (χ2n) is 6.99. The van der Waals surface area contributed by atoms with Crippen LogP contribution in [0.25, 0.3) is 10.9 Å². The molecule has 0 bridgehead atoms. The first-order chi connectivity index (χ1) is 12.1. The Hall–Kier alpha value is -2.18. The van der Waals surface area contributed by atoms with Gasteiger partial charge in [-0.1, -0.05) is 18.2 Å². The van der Waals surface area contributed by atoms with Crippen molar-refractivity contribution in [2.75, 3.05) is 45.9 Å². The van der Waals surface area contributed by atoms with E-state index in [1.807, 2.05) is 29.2 Å². The second kappa shape index (κ2) is 6.61. The number of benzene rings is 1. The molecule has 25 heavy (non-hydrogen) atoms. The average molecular weight is 341 g/mol. The van der Waals surface area contributed by atoms with E-state index >= 15 is 0 Å². The van der Waals surface area contributed by atoms with Crippen LogP contribution in [0, 0.1) is 12.8 Å². The fourth-order valence-corrected chi connectivity index (χ4v) is 3.78. The monoisotopic (exact) mass is 341 g/mol. The molecule has 6 nitrogen and oxygen atoms in total. The minimum atomic E-state index is -0.188. The number of hydrogen-bond donors (Lipinski definition) is 1. The van der Waals surface area contributed by atoms with Crippen molar-refractivity contribution in [1.29, 1.82) is 0 Å². The molecule has 0 atom stereocenters. The zero-order valence-electron chi connectivity index (χ0n) is 14.5. The molecule has 2 saturated heterocycles. The molecule has 0 radical (unpaired) electrons. The van der Waals surface area contributed by atoms with Gasteiger partial charge in [0.2, 0.25) is 0 Å². The number of amides is 1. The van der Waals surface area contributed by atoms with Gasteiger partial charge in [-0.2, -0.15) is 0 Å². The number of likely N-dealkylation sites (tertiary alicyclic amines) is 1. The van der Waals surface area contributed by atoms with Gasteiger partial charge in [0.05, 0.1) is 18.8 Å². The van der Waals surface area contributed by atoms with E-state index in [2.05, 4.69) is 9.88 Å². The number of aromatic nitrogens is 1. The maximum atomic E-state index is 13.0. The fourth-order valence-electron chi connectivity index (χ4n) is 3.78. The predicted molar refractivity (Wildman–Crippen MR) is 96.0 cm³/mol. The zero-order valence-corrected chi connectivity index (χ0v) is 14.5. The third kappa shape index (κ3) is 3.07. The van der Waals surface area contributed by atoms with E-state index in [1.165, 1.54) is 0 Å². The van der Waals surface area contributed by atoms with Gasteiger partial charge in [0.15, 0.2) is 0 Å². The highest BCUT2D eigenvalue weighted by molar-refractivity contribution is 6.07. The van der Waals surface area contributed by atoms with E-state index in [9.17, 15) is 9.59 Å². The maximum absolute atomic E-state index is 13.0. The molecule has 2 aliphatic rings. The number of aromatic amines is 1. The van der Waals surface area contributed by atoms with Crippen molar-refractivity contribution >= 4 is 16.8 Å². The largest absolute Gasteiger partial charge is 0.379 e. The quantitative estimate of drug-likeness (QED) is 0.912. The number of ether oxygens (including phenoxy) is 1. The third-order valence-corrected chi connectivity index (χ3v) is 5.24. The minimum absolute atomic E-state index is 0.0296. The molecular formula is C19H23N3O3. The lowest BCUT2D eigenvalue weighted by Crippen LogP contribution is -2.55. The lowest BCUT2D eigenvalue weighted by atomic mass is 9.95. The first-order valence-electron chi connectivity index (χ1n) is 8.84. The Morgan fingerprint density at radius 1 is 1.24 bits per heavy atom. The molecule has 4 rings (SSSR count). The number of nitrogens with one attached hydrogen (secondary N) is 1. The Morgan fingerprint density at radius 3 is 2.72 bits per heavy atom. The number of hydrogen-bond acceptors (Lipinski definition) is 4. The molecule has 0 unspecified atom stereocenters. The van der Waals surface area contributed by atoms with Crippen LogP contribution >= 0.6 is 0 Å². The van der Waals surface area contributed by atoms with Crippen LogP contribution in [0.5, 0.6) is 0 Å². The molecule has 2 fully saturated rings. The van der Waals surface area contributed by atoms with Gasteiger partial charge in [-0.3, -0.25) is 14.5 Å². The van der Waals surface area contributed by atoms with E-state index in [0.717, 1.165) is 51.3 Å². The highest BCUT2D eigenvalue weighted by atomic mass is 16.5. The molecule has 132 valence electrons. The van der Waals surface area contributed by atoms with Crippen molar-refractivity contribution in [3.8, 4) is 0 Å². The van der Waals surface area contributed by atoms with Gasteiger partial charge in [-0.25, -0.2) is 0 Å². The molecule has 0 spiro atoms. The third-order valence-electron chi connectivity index (χ3n) is 5.24. The maximum Gasteiger partial charge on any atom is 0.255 e. The molecule has 0 aliphatic carbocycles. The summed E-state index contributed by atoms with van der Waals surface area (Å²) in [7, 11) is 0. The summed E-state index contributed by atoms with van der Waals surface area (Å²) in [6, 6.07) is 7.50. The SMILES string of the molecule is Cc1c(C(=O)N2CC(CN3CCOCC3)C2)c2ccccc2[nH]c1=O. The van der Waals surface area contributed by atoms with Crippen LogP contribution in [0.3, 0.4) is 0 Å². The Bertz CT molecular complexity index is 849. The summed E-state index contributed by atoms with van der Waals surface area (Å²) in [6.45, 7) is 7.81. The van der Waals surface area contributed by atoms with E-state index in [-0.39, 0.29) is 11.5 Å². The van der Waals surface area contributed by atoms with Crippen molar-refractivity contribution in [3.63, 3.8) is 0 Å². The zero-order chi connectivity index (χ0) is 17.4. The second-order valence-corrected chi connectivity index (χ2v) is 6.99. The normalized spacial score (nSPS) is 19.2. The number of para-hydroxylation sites is 1. The Morgan fingerprint density at radius 2 is 1.96 bits per heavy atom. The topological polar surface area (TPSA) is 65.6 Å². The van der Waals surface area contributed by atoms with Gasteiger partial charge in [-0.05, 0) is 13.0 Å². The number of nitrogens with zero attached hydrogens (tertiary/aromatic N) is 2. The lowest BCUT2D eigenvalue weighted by Gasteiger charge is -2.42. The molecule has 1 aromatic heterocycles. The fraction of sp³-hybridized carbons (Fsp3) is 0.474. The number of carbonyl (C=O) groups excluding carboxylic acids is 1. The van der Waals surface area contributed by atoms with Gasteiger partial charge >= 0.3 is 0 Å². The highest BCUT2D eigenvalue weighted by Gasteiger charge is 2.34. The Balaban J connectivity index is 1.50. The van der Waals surface area contributed by atoms with Gasteiger partial charge in [-0.15, -0.1) is 0 Å². The Labute approximate surface area is 146 Å². The van der Waals surface area contributed by atoms with Gasteiger partial charge in [0.25, 0.3) is 11.5 Å². The lowest BCUT2D eigenvalue weighted by molar-refractivity contribution is 0.00718. The van der Waals surface area contributed by atoms with Crippen LogP contribution < -0.4 is 5.56 Å². The molecule has 3 heterocycles. The number of carbonyl (C=O) groups is 1. The van der Waals surface area contributed by atoms with Gasteiger partial charge < -0.3 is 14.6 Å². The standard InChI is InChI=1S/C19H23N3O3/c1-13-17(15-4-2-3-5-16(15)20-18(13)23)19(24)22-11-14(12-22)10-21-6-8-25-9-7-21/h2-5,14H,6-12H2,1H3,(H,20,23). The number of morpholine rings is 1. The van der Waals surface area contributed by atoms with Crippen molar-refractivity contribution in [2.45, 2.75) is 6.92 Å². The van der Waals surface area contributed by atoms with Crippen LogP contribution in [-0.2, 0) is 4.74 Å². The number of H-pyrrole nitrogens is 1. The summed E-state index contributed by atoms with van der Waals surface area (Å²) in [5.41, 5.74) is 1.57. The molecular weight excluding hydrogens is 318 g/mol. The van der Waals surface area contributed by atoms with Crippen LogP contribution in [0.4, 0.5) is 0 Å². The first kappa shape index (κ1) is 16.3. The molecule has 6 heteroatoms. The van der Waals surface area contributed by atoms with Crippen molar-refractivity contribution in [2.24, 2.45) is 5.92 Å². The number of rotatable bonds is 3. The van der Waals surface area contributed by atoms with Crippen LogP contribution in [0.15, 0.2) is 29.1 Å². The molecule has 1 N–H and O–H groups in total. The summed E-state index contributed by atoms with van der Waals surface area (Å²) >= 11 is 0. The summed E-state index contributed by atoms with van der Waals surface area (Å²) in [4.78, 5) is 32.3. The van der Waals surface area contributed by atoms with E-state index in [4.69, 9.17) is 4.74 Å². The predicted octanol–water partition coefficient (Wildman–Crippen LogP) is 1.24. The van der Waals surface area contributed by atoms with Crippen molar-refractivity contribution in [1.82, 2.24) is 14.8 Å². The highest BCUT2D eigenvalue weighted by Crippen LogP contribution is 2.25. The smallest absolute Gasteiger partial charge is 0.255 e. The number of fused-ring (bicyclic) bond motifs is 1. The summed E-state index contributed by atoms with van der Waals surface area (Å²) in [6.07, 6.45) is 0.